The Hall–Kier alpha value is -1.78. The monoisotopic (exact) mass is 267 g/mol. The number of allylic oxidation sites excluding steroid dienone is 2. The van der Waals surface area contributed by atoms with E-state index in [-0.39, 0.29) is 0 Å². The third kappa shape index (κ3) is 5.16. The van der Waals surface area contributed by atoms with Gasteiger partial charge in [-0.2, -0.15) is 0 Å². The molecule has 19 heavy (non-hydrogen) atoms. The molecule has 0 atom stereocenters. The van der Waals surface area contributed by atoms with Gasteiger partial charge in [0.15, 0.2) is 0 Å². The summed E-state index contributed by atoms with van der Waals surface area (Å²) in [5, 5.41) is 2.60. The molecule has 0 aliphatic heterocycles. The van der Waals surface area contributed by atoms with Crippen molar-refractivity contribution in [1.29, 1.82) is 0 Å². The minimum atomic E-state index is -0.576. The maximum absolute atomic E-state index is 11.8. The Balaban J connectivity index is 2.79. The Bertz CT molecular complexity index is 416. The number of hydrogen-bond acceptors (Lipinski definition) is 4. The molecule has 0 fully saturated rings. The van der Waals surface area contributed by atoms with Crippen molar-refractivity contribution in [2.45, 2.75) is 46.1 Å². The van der Waals surface area contributed by atoms with Crippen LogP contribution in [0.3, 0.4) is 0 Å². The molecular formula is C14H21NO4. The molecule has 0 unspecified atom stereocenters. The van der Waals surface area contributed by atoms with Gasteiger partial charge in [0.05, 0.1) is 17.9 Å². The van der Waals surface area contributed by atoms with Crippen LogP contribution in [0, 0.1) is 0 Å². The average molecular weight is 267 g/mol. The largest absolute Gasteiger partial charge is 0.463 e. The Morgan fingerprint density at radius 1 is 1.37 bits per heavy atom. The quantitative estimate of drug-likeness (QED) is 0.798. The summed E-state index contributed by atoms with van der Waals surface area (Å²) in [6.45, 7) is 7.40. The highest BCUT2D eigenvalue weighted by molar-refractivity contribution is 5.91. The molecule has 0 bridgehead atoms. The molecule has 0 heterocycles. The first kappa shape index (κ1) is 15.3. The van der Waals surface area contributed by atoms with E-state index in [1.807, 2.05) is 6.08 Å². The first-order valence-electron chi connectivity index (χ1n) is 6.40. The summed E-state index contributed by atoms with van der Waals surface area (Å²) < 4.78 is 10.1. The summed E-state index contributed by atoms with van der Waals surface area (Å²) in [6.07, 6.45) is 4.35. The fourth-order valence-electron chi connectivity index (χ4n) is 1.63. The van der Waals surface area contributed by atoms with Crippen LogP contribution in [-0.4, -0.2) is 24.3 Å². The summed E-state index contributed by atoms with van der Waals surface area (Å²) in [5.74, 6) is -0.391. The predicted octanol–water partition coefficient (Wildman–Crippen LogP) is 2.68. The Morgan fingerprint density at radius 3 is 2.63 bits per heavy atom. The molecule has 106 valence electrons. The van der Waals surface area contributed by atoms with E-state index in [9.17, 15) is 9.59 Å². The van der Waals surface area contributed by atoms with Gasteiger partial charge in [0.2, 0.25) is 0 Å². The van der Waals surface area contributed by atoms with Crippen LogP contribution in [-0.2, 0) is 14.3 Å². The first-order chi connectivity index (χ1) is 8.83. The van der Waals surface area contributed by atoms with Gasteiger partial charge in [0.1, 0.15) is 5.60 Å². The smallest absolute Gasteiger partial charge is 0.412 e. The molecule has 1 amide bonds. The number of hydrogen-bond donors (Lipinski definition) is 1. The first-order valence-corrected chi connectivity index (χ1v) is 6.40. The molecule has 5 heteroatoms. The molecule has 1 rings (SSSR count). The zero-order valence-corrected chi connectivity index (χ0v) is 11.9. The predicted molar refractivity (Wildman–Crippen MR) is 71.4 cm³/mol. The van der Waals surface area contributed by atoms with Gasteiger partial charge in [0.25, 0.3) is 0 Å². The maximum atomic E-state index is 11.8. The number of alkyl carbamates (subject to hydrolysis) is 1. The third-order valence-corrected chi connectivity index (χ3v) is 2.33. The second-order valence-electron chi connectivity index (χ2n) is 5.18. The number of amides is 1. The standard InChI is InChI=1S/C14H21NO4/c1-5-18-12(16)10-8-6-7-9-11(10)15-13(17)19-14(2,3)4/h7,9H,5-6,8H2,1-4H3,(H,15,17). The lowest BCUT2D eigenvalue weighted by Gasteiger charge is -2.21. The van der Waals surface area contributed by atoms with E-state index in [1.54, 1.807) is 33.8 Å². The Labute approximate surface area is 113 Å². The number of esters is 1. The molecule has 0 saturated heterocycles. The maximum Gasteiger partial charge on any atom is 0.412 e. The Morgan fingerprint density at radius 2 is 2.05 bits per heavy atom. The van der Waals surface area contributed by atoms with Gasteiger partial charge in [0, 0.05) is 0 Å². The fourth-order valence-corrected chi connectivity index (χ4v) is 1.63. The van der Waals surface area contributed by atoms with Crippen molar-refractivity contribution in [1.82, 2.24) is 5.32 Å². The van der Waals surface area contributed by atoms with E-state index in [1.165, 1.54) is 0 Å². The van der Waals surface area contributed by atoms with Gasteiger partial charge in [-0.25, -0.2) is 9.59 Å². The molecule has 0 saturated carbocycles. The Kier molecular flexibility index (Phi) is 5.15. The highest BCUT2D eigenvalue weighted by Crippen LogP contribution is 2.19. The highest BCUT2D eigenvalue weighted by Gasteiger charge is 2.21. The second kappa shape index (κ2) is 6.41. The van der Waals surface area contributed by atoms with Crippen molar-refractivity contribution in [2.24, 2.45) is 0 Å². The molecule has 5 nitrogen and oxygen atoms in total. The van der Waals surface area contributed by atoms with Gasteiger partial charge < -0.3 is 9.47 Å². The highest BCUT2D eigenvalue weighted by atomic mass is 16.6. The fraction of sp³-hybridized carbons (Fsp3) is 0.571. The zero-order valence-electron chi connectivity index (χ0n) is 11.9. The van der Waals surface area contributed by atoms with Crippen LogP contribution in [0.25, 0.3) is 0 Å². The van der Waals surface area contributed by atoms with Gasteiger partial charge in [-0.1, -0.05) is 6.08 Å². The number of rotatable bonds is 3. The molecular weight excluding hydrogens is 246 g/mol. The second-order valence-corrected chi connectivity index (χ2v) is 5.18. The molecule has 0 aromatic carbocycles. The van der Waals surface area contributed by atoms with Gasteiger partial charge >= 0.3 is 12.1 Å². The van der Waals surface area contributed by atoms with Crippen LogP contribution in [0.1, 0.15) is 40.5 Å². The minimum absolute atomic E-state index is 0.311. The lowest BCUT2D eigenvalue weighted by atomic mass is 10.0. The van der Waals surface area contributed by atoms with Crippen molar-refractivity contribution >= 4 is 12.1 Å². The van der Waals surface area contributed by atoms with Crippen LogP contribution in [0.4, 0.5) is 4.79 Å². The van der Waals surface area contributed by atoms with E-state index >= 15 is 0 Å². The van der Waals surface area contributed by atoms with Crippen LogP contribution in [0.15, 0.2) is 23.4 Å². The van der Waals surface area contributed by atoms with E-state index in [0.29, 0.717) is 24.3 Å². The van der Waals surface area contributed by atoms with Crippen LogP contribution in [0.2, 0.25) is 0 Å². The molecule has 0 aromatic heterocycles. The molecule has 0 spiro atoms. The van der Waals surface area contributed by atoms with Crippen LogP contribution >= 0.6 is 0 Å². The summed E-state index contributed by atoms with van der Waals surface area (Å²) >= 11 is 0. The van der Waals surface area contributed by atoms with Crippen LogP contribution < -0.4 is 5.32 Å². The minimum Gasteiger partial charge on any atom is -0.463 e. The lowest BCUT2D eigenvalue weighted by Crippen LogP contribution is -2.33. The number of nitrogens with one attached hydrogen (secondary N) is 1. The molecule has 1 N–H and O–H groups in total. The van der Waals surface area contributed by atoms with Gasteiger partial charge in [-0.05, 0) is 46.6 Å². The van der Waals surface area contributed by atoms with E-state index in [4.69, 9.17) is 9.47 Å². The number of carbonyl (C=O) groups is 2. The molecule has 0 radical (unpaired) electrons. The number of ether oxygens (including phenoxy) is 2. The molecule has 0 aromatic rings. The van der Waals surface area contributed by atoms with Crippen LogP contribution in [0.5, 0.6) is 0 Å². The average Bonchev–Trinajstić information content (AvgIpc) is 2.27. The normalized spacial score (nSPS) is 15.2. The molecule has 1 aliphatic carbocycles. The topological polar surface area (TPSA) is 64.6 Å². The van der Waals surface area contributed by atoms with Crippen molar-refractivity contribution in [3.05, 3.63) is 23.4 Å². The third-order valence-electron chi connectivity index (χ3n) is 2.33. The van der Waals surface area contributed by atoms with Gasteiger partial charge in [-0.15, -0.1) is 0 Å². The van der Waals surface area contributed by atoms with Crippen molar-refractivity contribution in [3.63, 3.8) is 0 Å². The summed E-state index contributed by atoms with van der Waals surface area (Å²) in [5.41, 5.74) is 0.363. The summed E-state index contributed by atoms with van der Waals surface area (Å²) in [7, 11) is 0. The van der Waals surface area contributed by atoms with E-state index in [0.717, 1.165) is 6.42 Å². The molecule has 1 aliphatic rings. The van der Waals surface area contributed by atoms with Crippen molar-refractivity contribution in [2.75, 3.05) is 6.61 Å². The SMILES string of the molecule is CCOC(=O)C1=C(NC(=O)OC(C)(C)C)C=CCC1. The van der Waals surface area contributed by atoms with Gasteiger partial charge in [-0.3, -0.25) is 5.32 Å². The summed E-state index contributed by atoms with van der Waals surface area (Å²) in [4.78, 5) is 23.5. The van der Waals surface area contributed by atoms with E-state index < -0.39 is 17.7 Å². The lowest BCUT2D eigenvalue weighted by molar-refractivity contribution is -0.138. The zero-order chi connectivity index (χ0) is 14.5. The number of carbonyl (C=O) groups excluding carboxylic acids is 2. The van der Waals surface area contributed by atoms with Crippen molar-refractivity contribution < 1.29 is 19.1 Å². The van der Waals surface area contributed by atoms with Crippen molar-refractivity contribution in [3.8, 4) is 0 Å². The summed E-state index contributed by atoms with van der Waals surface area (Å²) in [6, 6.07) is 0. The van der Waals surface area contributed by atoms with E-state index in [2.05, 4.69) is 5.32 Å².